The van der Waals surface area contributed by atoms with Crippen molar-refractivity contribution in [2.24, 2.45) is 0 Å². The maximum atomic E-state index is 13.1. The number of aryl methyl sites for hydroxylation is 2. The number of aromatic amines is 1. The van der Waals surface area contributed by atoms with Crippen LogP contribution in [0.15, 0.2) is 79.1 Å². The molecule has 5 rings (SSSR count). The first-order chi connectivity index (χ1) is 14.8. The van der Waals surface area contributed by atoms with E-state index in [2.05, 4.69) is 21.4 Å². The monoisotopic (exact) mass is 395 g/mol. The Kier molecular flexibility index (Phi) is 4.77. The minimum atomic E-state index is -0.150. The second-order valence-corrected chi connectivity index (χ2v) is 7.31. The molecule has 2 aromatic heterocycles. The zero-order chi connectivity index (χ0) is 20.3. The van der Waals surface area contributed by atoms with Gasteiger partial charge < -0.3 is 15.0 Å². The summed E-state index contributed by atoms with van der Waals surface area (Å²) < 4.78 is 5.81. The van der Waals surface area contributed by atoms with Crippen molar-refractivity contribution in [1.29, 1.82) is 0 Å². The van der Waals surface area contributed by atoms with Crippen LogP contribution in [0.25, 0.3) is 11.3 Å². The van der Waals surface area contributed by atoms with Crippen LogP contribution in [0.2, 0.25) is 0 Å². The third kappa shape index (κ3) is 3.57. The Morgan fingerprint density at radius 1 is 0.933 bits per heavy atom. The minimum Gasteiger partial charge on any atom is -0.457 e. The van der Waals surface area contributed by atoms with E-state index in [0.29, 0.717) is 17.0 Å². The summed E-state index contributed by atoms with van der Waals surface area (Å²) in [5.41, 5.74) is 5.42. The van der Waals surface area contributed by atoms with Crippen molar-refractivity contribution in [2.75, 3.05) is 5.32 Å². The number of H-pyrrole nitrogens is 1. The number of anilines is 1. The number of pyridine rings is 1. The number of amides is 1. The van der Waals surface area contributed by atoms with Gasteiger partial charge in [0.1, 0.15) is 11.5 Å². The average molecular weight is 395 g/mol. The lowest BCUT2D eigenvalue weighted by Crippen LogP contribution is -2.12. The molecule has 0 saturated carbocycles. The number of ether oxygens (including phenoxy) is 1. The standard InChI is InChI=1S/C25H21N3O2/c29-25(28-18-11-13-20(14-12-18)30-19-8-2-1-3-9-19)21-16-27-22-10-4-6-17-7-5-15-26-24(17)23(21)22/h1-3,5,7-9,11-16,27H,4,6,10H2,(H,28,29). The molecule has 2 heterocycles. The summed E-state index contributed by atoms with van der Waals surface area (Å²) in [6.07, 6.45) is 6.49. The molecule has 0 fully saturated rings. The molecule has 1 amide bonds. The maximum Gasteiger partial charge on any atom is 0.257 e. The number of aromatic nitrogens is 2. The fraction of sp³-hybridized carbons (Fsp3) is 0.120. The van der Waals surface area contributed by atoms with E-state index in [1.165, 1.54) is 5.56 Å². The number of carbonyl (C=O) groups is 1. The number of nitrogens with zero attached hydrogens (tertiary/aromatic N) is 1. The van der Waals surface area contributed by atoms with Crippen molar-refractivity contribution < 1.29 is 9.53 Å². The first-order valence-electron chi connectivity index (χ1n) is 10.1. The molecular formula is C25H21N3O2. The highest BCUT2D eigenvalue weighted by Crippen LogP contribution is 2.34. The Hall–Kier alpha value is -3.86. The van der Waals surface area contributed by atoms with Crippen molar-refractivity contribution in [3.05, 3.63) is 95.9 Å². The smallest absolute Gasteiger partial charge is 0.257 e. The molecule has 0 bridgehead atoms. The number of hydrogen-bond acceptors (Lipinski definition) is 3. The molecule has 5 nitrogen and oxygen atoms in total. The third-order valence-corrected chi connectivity index (χ3v) is 5.30. The summed E-state index contributed by atoms with van der Waals surface area (Å²) in [6, 6.07) is 21.0. The predicted octanol–water partition coefficient (Wildman–Crippen LogP) is 5.61. The lowest BCUT2D eigenvalue weighted by atomic mass is 10.0. The number of para-hydroxylation sites is 1. The van der Waals surface area contributed by atoms with Crippen molar-refractivity contribution >= 4 is 11.6 Å². The number of hydrogen-bond donors (Lipinski definition) is 2. The van der Waals surface area contributed by atoms with Crippen LogP contribution >= 0.6 is 0 Å². The molecule has 1 aliphatic rings. The Morgan fingerprint density at radius 2 is 1.73 bits per heavy atom. The molecule has 0 spiro atoms. The Labute approximate surface area is 174 Å². The number of carbonyl (C=O) groups excluding carboxylic acids is 1. The number of benzene rings is 2. The first-order valence-corrected chi connectivity index (χ1v) is 10.1. The topological polar surface area (TPSA) is 67.0 Å². The summed E-state index contributed by atoms with van der Waals surface area (Å²) in [5, 5.41) is 2.99. The highest BCUT2D eigenvalue weighted by atomic mass is 16.5. The van der Waals surface area contributed by atoms with E-state index in [9.17, 15) is 4.79 Å². The van der Waals surface area contributed by atoms with E-state index in [1.54, 1.807) is 12.4 Å². The van der Waals surface area contributed by atoms with Gasteiger partial charge in [0.05, 0.1) is 11.3 Å². The Balaban J connectivity index is 1.37. The molecule has 0 aliphatic heterocycles. The van der Waals surface area contributed by atoms with Gasteiger partial charge in [-0.15, -0.1) is 0 Å². The van der Waals surface area contributed by atoms with Gasteiger partial charge in [0.2, 0.25) is 0 Å². The largest absolute Gasteiger partial charge is 0.457 e. The van der Waals surface area contributed by atoms with Gasteiger partial charge in [-0.1, -0.05) is 24.3 Å². The van der Waals surface area contributed by atoms with E-state index in [0.717, 1.165) is 42.0 Å². The van der Waals surface area contributed by atoms with Crippen LogP contribution < -0.4 is 10.1 Å². The van der Waals surface area contributed by atoms with Gasteiger partial charge in [-0.05, 0) is 67.3 Å². The molecule has 30 heavy (non-hydrogen) atoms. The molecule has 2 N–H and O–H groups in total. The SMILES string of the molecule is O=C(Nc1ccc(Oc2ccccc2)cc1)c1c[nH]c2c1-c1ncccc1CCC2. The summed E-state index contributed by atoms with van der Waals surface area (Å²) in [4.78, 5) is 20.9. The van der Waals surface area contributed by atoms with Gasteiger partial charge in [0.15, 0.2) is 0 Å². The minimum absolute atomic E-state index is 0.150. The number of nitrogens with one attached hydrogen (secondary N) is 2. The Bertz CT molecular complexity index is 1180. The van der Waals surface area contributed by atoms with Gasteiger partial charge in [-0.2, -0.15) is 0 Å². The van der Waals surface area contributed by atoms with E-state index >= 15 is 0 Å². The molecule has 0 unspecified atom stereocenters. The van der Waals surface area contributed by atoms with Crippen molar-refractivity contribution in [2.45, 2.75) is 19.3 Å². The second kappa shape index (κ2) is 7.87. The zero-order valence-electron chi connectivity index (χ0n) is 16.4. The molecule has 0 saturated heterocycles. The van der Waals surface area contributed by atoms with E-state index in [-0.39, 0.29) is 5.91 Å². The number of rotatable bonds is 4. The average Bonchev–Trinajstić information content (AvgIpc) is 3.11. The summed E-state index contributed by atoms with van der Waals surface area (Å²) in [5.74, 6) is 1.34. The van der Waals surface area contributed by atoms with Crippen LogP contribution in [0.3, 0.4) is 0 Å². The molecule has 4 aromatic rings. The van der Waals surface area contributed by atoms with Gasteiger partial charge in [-0.25, -0.2) is 0 Å². The zero-order valence-corrected chi connectivity index (χ0v) is 16.4. The summed E-state index contributed by atoms with van der Waals surface area (Å²) in [7, 11) is 0. The maximum absolute atomic E-state index is 13.1. The molecule has 0 atom stereocenters. The van der Waals surface area contributed by atoms with Crippen LogP contribution in [0.1, 0.15) is 28.0 Å². The second-order valence-electron chi connectivity index (χ2n) is 7.31. The van der Waals surface area contributed by atoms with Gasteiger partial charge >= 0.3 is 0 Å². The van der Waals surface area contributed by atoms with Crippen molar-refractivity contribution in [3.63, 3.8) is 0 Å². The number of fused-ring (bicyclic) bond motifs is 3. The van der Waals surface area contributed by atoms with Gasteiger partial charge in [-0.3, -0.25) is 9.78 Å². The Morgan fingerprint density at radius 3 is 2.57 bits per heavy atom. The molecule has 148 valence electrons. The molecular weight excluding hydrogens is 374 g/mol. The highest BCUT2D eigenvalue weighted by Gasteiger charge is 2.24. The van der Waals surface area contributed by atoms with E-state index in [1.807, 2.05) is 60.7 Å². The third-order valence-electron chi connectivity index (χ3n) is 5.30. The fourth-order valence-corrected chi connectivity index (χ4v) is 3.86. The summed E-state index contributed by atoms with van der Waals surface area (Å²) >= 11 is 0. The van der Waals surface area contributed by atoms with Crippen molar-refractivity contribution in [3.8, 4) is 22.8 Å². The van der Waals surface area contributed by atoms with Crippen LogP contribution in [0, 0.1) is 0 Å². The fourth-order valence-electron chi connectivity index (χ4n) is 3.86. The van der Waals surface area contributed by atoms with E-state index < -0.39 is 0 Å². The lowest BCUT2D eigenvalue weighted by molar-refractivity contribution is 0.102. The molecule has 2 aromatic carbocycles. The van der Waals surface area contributed by atoms with Crippen LogP contribution in [0.5, 0.6) is 11.5 Å². The molecule has 1 aliphatic carbocycles. The highest BCUT2D eigenvalue weighted by molar-refractivity contribution is 6.09. The van der Waals surface area contributed by atoms with Gasteiger partial charge in [0.25, 0.3) is 5.91 Å². The van der Waals surface area contributed by atoms with E-state index in [4.69, 9.17) is 4.74 Å². The quantitative estimate of drug-likeness (QED) is 0.472. The van der Waals surface area contributed by atoms with Crippen LogP contribution in [-0.2, 0) is 12.8 Å². The first kappa shape index (κ1) is 18.2. The predicted molar refractivity (Wildman–Crippen MR) is 117 cm³/mol. The molecule has 0 radical (unpaired) electrons. The van der Waals surface area contributed by atoms with Crippen LogP contribution in [0.4, 0.5) is 5.69 Å². The van der Waals surface area contributed by atoms with Crippen LogP contribution in [-0.4, -0.2) is 15.9 Å². The normalized spacial score (nSPS) is 12.4. The summed E-state index contributed by atoms with van der Waals surface area (Å²) in [6.45, 7) is 0. The van der Waals surface area contributed by atoms with Gasteiger partial charge in [0, 0.05) is 29.3 Å². The lowest BCUT2D eigenvalue weighted by Gasteiger charge is -2.10. The molecule has 5 heteroatoms. The van der Waals surface area contributed by atoms with Crippen molar-refractivity contribution in [1.82, 2.24) is 9.97 Å².